The van der Waals surface area contributed by atoms with E-state index in [4.69, 9.17) is 16.3 Å². The lowest BCUT2D eigenvalue weighted by Gasteiger charge is -2.13. The molecule has 0 fully saturated rings. The molecule has 1 rings (SSSR count). The maximum atomic E-state index is 9.58. The second kappa shape index (κ2) is 4.84. The molecule has 13 heavy (non-hydrogen) atoms. The van der Waals surface area contributed by atoms with Crippen LogP contribution in [0, 0.1) is 0 Å². The molecule has 0 radical (unpaired) electrons. The molecule has 0 spiro atoms. The quantitative estimate of drug-likeness (QED) is 0.852. The molecule has 0 heterocycles. The van der Waals surface area contributed by atoms with E-state index in [1.54, 1.807) is 13.2 Å². The lowest BCUT2D eigenvalue weighted by Crippen LogP contribution is -2.02. The smallest absolute Gasteiger partial charge is 0.125 e. The van der Waals surface area contributed by atoms with Crippen molar-refractivity contribution in [3.05, 3.63) is 28.2 Å². The van der Waals surface area contributed by atoms with E-state index >= 15 is 0 Å². The average molecular weight is 266 g/mol. The monoisotopic (exact) mass is 264 g/mol. The number of benzene rings is 1. The molecule has 72 valence electrons. The van der Waals surface area contributed by atoms with Crippen molar-refractivity contribution < 1.29 is 9.84 Å². The van der Waals surface area contributed by atoms with Crippen LogP contribution in [0.15, 0.2) is 22.7 Å². The first-order valence-corrected chi connectivity index (χ1v) is 5.10. The van der Waals surface area contributed by atoms with Gasteiger partial charge in [0.15, 0.2) is 0 Å². The molecule has 1 atom stereocenters. The van der Waals surface area contributed by atoms with Gasteiger partial charge in [0, 0.05) is 10.0 Å². The van der Waals surface area contributed by atoms with Crippen molar-refractivity contribution in [3.8, 4) is 5.75 Å². The molecule has 0 bridgehead atoms. The number of rotatable bonds is 3. The zero-order valence-corrected chi connectivity index (χ0v) is 9.47. The molecule has 0 aromatic heterocycles. The lowest BCUT2D eigenvalue weighted by atomic mass is 10.1. The van der Waals surface area contributed by atoms with E-state index < -0.39 is 6.10 Å². The molecule has 2 nitrogen and oxygen atoms in total. The van der Waals surface area contributed by atoms with Crippen LogP contribution in [-0.4, -0.2) is 18.1 Å². The van der Waals surface area contributed by atoms with Crippen molar-refractivity contribution in [1.29, 1.82) is 0 Å². The summed E-state index contributed by atoms with van der Waals surface area (Å²) >= 11 is 8.89. The van der Waals surface area contributed by atoms with E-state index in [1.807, 2.05) is 12.1 Å². The molecule has 1 aromatic rings. The highest BCUT2D eigenvalue weighted by Gasteiger charge is 2.15. The van der Waals surface area contributed by atoms with Crippen LogP contribution in [0.1, 0.15) is 11.7 Å². The van der Waals surface area contributed by atoms with Gasteiger partial charge in [-0.25, -0.2) is 0 Å². The number of hydrogen-bond acceptors (Lipinski definition) is 2. The van der Waals surface area contributed by atoms with E-state index in [0.717, 1.165) is 4.47 Å². The van der Waals surface area contributed by atoms with Gasteiger partial charge in [-0.3, -0.25) is 0 Å². The van der Waals surface area contributed by atoms with E-state index in [0.29, 0.717) is 11.3 Å². The van der Waals surface area contributed by atoms with Crippen molar-refractivity contribution in [2.24, 2.45) is 0 Å². The Bertz CT molecular complexity index is 291. The number of halogens is 2. The first kappa shape index (κ1) is 10.8. The molecular formula is C9H10BrClO2. The number of alkyl halides is 1. The summed E-state index contributed by atoms with van der Waals surface area (Å²) in [5.41, 5.74) is 0.694. The SMILES string of the molecule is COc1cccc(Br)c1[C@@H](O)CCl. The van der Waals surface area contributed by atoms with Gasteiger partial charge in [-0.2, -0.15) is 0 Å². The predicted octanol–water partition coefficient (Wildman–Crippen LogP) is 2.73. The van der Waals surface area contributed by atoms with Crippen molar-refractivity contribution in [1.82, 2.24) is 0 Å². The second-order valence-corrected chi connectivity index (χ2v) is 3.69. The fraction of sp³-hybridized carbons (Fsp3) is 0.333. The maximum absolute atomic E-state index is 9.58. The summed E-state index contributed by atoms with van der Waals surface area (Å²) in [6, 6.07) is 5.47. The third-order valence-corrected chi connectivity index (χ3v) is 2.70. The minimum Gasteiger partial charge on any atom is -0.496 e. The van der Waals surface area contributed by atoms with Crippen LogP contribution in [-0.2, 0) is 0 Å². The Balaban J connectivity index is 3.14. The minimum absolute atomic E-state index is 0.152. The van der Waals surface area contributed by atoms with Gasteiger partial charge in [0.2, 0.25) is 0 Å². The fourth-order valence-electron chi connectivity index (χ4n) is 1.10. The molecule has 0 aliphatic rings. The fourth-order valence-corrected chi connectivity index (χ4v) is 1.86. The van der Waals surface area contributed by atoms with Crippen LogP contribution in [0.2, 0.25) is 0 Å². The van der Waals surface area contributed by atoms with Gasteiger partial charge in [-0.1, -0.05) is 22.0 Å². The Morgan fingerprint density at radius 2 is 2.31 bits per heavy atom. The summed E-state index contributed by atoms with van der Waals surface area (Å²) in [5, 5.41) is 9.58. The first-order valence-electron chi connectivity index (χ1n) is 3.77. The summed E-state index contributed by atoms with van der Waals surface area (Å²) in [4.78, 5) is 0. The van der Waals surface area contributed by atoms with E-state index in [-0.39, 0.29) is 5.88 Å². The summed E-state index contributed by atoms with van der Waals surface area (Å²) in [5.74, 6) is 0.793. The zero-order chi connectivity index (χ0) is 9.84. The minimum atomic E-state index is -0.702. The van der Waals surface area contributed by atoms with Crippen molar-refractivity contribution in [2.45, 2.75) is 6.10 Å². The second-order valence-electron chi connectivity index (χ2n) is 2.53. The van der Waals surface area contributed by atoms with E-state index in [9.17, 15) is 5.11 Å². The number of methoxy groups -OCH3 is 1. The van der Waals surface area contributed by atoms with E-state index in [1.165, 1.54) is 0 Å². The van der Waals surface area contributed by atoms with Crippen LogP contribution < -0.4 is 4.74 Å². The standard InChI is InChI=1S/C9H10BrClO2/c1-13-8-4-2-3-6(10)9(8)7(12)5-11/h2-4,7,12H,5H2,1H3/t7-/m0/s1. The number of ether oxygens (including phenoxy) is 1. The Morgan fingerprint density at radius 3 is 2.85 bits per heavy atom. The van der Waals surface area contributed by atoms with Crippen molar-refractivity contribution in [2.75, 3.05) is 13.0 Å². The number of aliphatic hydroxyl groups excluding tert-OH is 1. The van der Waals surface area contributed by atoms with Crippen molar-refractivity contribution >= 4 is 27.5 Å². The van der Waals surface area contributed by atoms with Crippen LogP contribution in [0.4, 0.5) is 0 Å². The van der Waals surface area contributed by atoms with E-state index in [2.05, 4.69) is 15.9 Å². The molecular weight excluding hydrogens is 255 g/mol. The molecule has 0 saturated heterocycles. The zero-order valence-electron chi connectivity index (χ0n) is 7.13. The van der Waals surface area contributed by atoms with Gasteiger partial charge >= 0.3 is 0 Å². The molecule has 0 aliphatic carbocycles. The summed E-state index contributed by atoms with van der Waals surface area (Å²) in [7, 11) is 1.56. The van der Waals surface area contributed by atoms with Gasteiger partial charge in [0.25, 0.3) is 0 Å². The Kier molecular flexibility index (Phi) is 4.03. The summed E-state index contributed by atoms with van der Waals surface area (Å²) in [6.07, 6.45) is -0.702. The molecule has 4 heteroatoms. The molecule has 1 N–H and O–H groups in total. The Labute approximate surface area is 90.6 Å². The van der Waals surface area contributed by atoms with Crippen molar-refractivity contribution in [3.63, 3.8) is 0 Å². The molecule has 0 saturated carbocycles. The topological polar surface area (TPSA) is 29.5 Å². The highest BCUT2D eigenvalue weighted by molar-refractivity contribution is 9.10. The summed E-state index contributed by atoms with van der Waals surface area (Å²) in [6.45, 7) is 0. The van der Waals surface area contributed by atoms with Crippen LogP contribution in [0.5, 0.6) is 5.75 Å². The van der Waals surface area contributed by atoms with Gasteiger partial charge < -0.3 is 9.84 Å². The number of hydrogen-bond donors (Lipinski definition) is 1. The molecule has 0 amide bonds. The molecule has 0 unspecified atom stereocenters. The summed E-state index contributed by atoms with van der Waals surface area (Å²) < 4.78 is 5.91. The third kappa shape index (κ3) is 2.36. The average Bonchev–Trinajstić information content (AvgIpc) is 2.16. The third-order valence-electron chi connectivity index (χ3n) is 1.71. The van der Waals surface area contributed by atoms with Crippen LogP contribution in [0.25, 0.3) is 0 Å². The predicted molar refractivity (Wildman–Crippen MR) is 56.4 cm³/mol. The lowest BCUT2D eigenvalue weighted by molar-refractivity contribution is 0.196. The highest BCUT2D eigenvalue weighted by Crippen LogP contribution is 2.32. The maximum Gasteiger partial charge on any atom is 0.125 e. The molecule has 0 aliphatic heterocycles. The largest absolute Gasteiger partial charge is 0.496 e. The first-order chi connectivity index (χ1) is 6.20. The normalized spacial score (nSPS) is 12.6. The Morgan fingerprint density at radius 1 is 1.62 bits per heavy atom. The Hall–Kier alpha value is -0.250. The number of aliphatic hydroxyl groups is 1. The highest BCUT2D eigenvalue weighted by atomic mass is 79.9. The molecule has 1 aromatic carbocycles. The van der Waals surface area contributed by atoms with Gasteiger partial charge in [-0.05, 0) is 12.1 Å². The van der Waals surface area contributed by atoms with Gasteiger partial charge in [0.1, 0.15) is 5.75 Å². The van der Waals surface area contributed by atoms with Crippen LogP contribution >= 0.6 is 27.5 Å². The van der Waals surface area contributed by atoms with Gasteiger partial charge in [-0.15, -0.1) is 11.6 Å². The van der Waals surface area contributed by atoms with Gasteiger partial charge in [0.05, 0.1) is 19.1 Å². The van der Waals surface area contributed by atoms with Crippen LogP contribution in [0.3, 0.4) is 0 Å².